The number of nitrogens with two attached hydrogens (primary N) is 2. The number of hydrogen-bond donors (Lipinski definition) is 3. The Kier molecular flexibility index (Phi) is 4.85. The molecule has 0 spiro atoms. The van der Waals surface area contributed by atoms with Gasteiger partial charge in [0, 0.05) is 10.9 Å². The lowest BCUT2D eigenvalue weighted by Crippen LogP contribution is -2.01. The van der Waals surface area contributed by atoms with Crippen molar-refractivity contribution in [2.75, 3.05) is 32.8 Å². The lowest BCUT2D eigenvalue weighted by atomic mass is 9.96. The van der Waals surface area contributed by atoms with Crippen LogP contribution in [0.15, 0.2) is 12.1 Å². The molecule has 2 heterocycles. The molecule has 9 nitrogen and oxygen atoms in total. The minimum Gasteiger partial charge on any atom is -0.493 e. The van der Waals surface area contributed by atoms with Gasteiger partial charge in [-0.3, -0.25) is 0 Å². The lowest BCUT2D eigenvalue weighted by molar-refractivity contribution is 0.0703. The van der Waals surface area contributed by atoms with E-state index in [4.69, 9.17) is 25.7 Å². The van der Waals surface area contributed by atoms with E-state index >= 15 is 0 Å². The average molecular weight is 400 g/mol. The summed E-state index contributed by atoms with van der Waals surface area (Å²) in [5.74, 6) is -0.131. The molecular formula is C18H16N4O5S. The van der Waals surface area contributed by atoms with Gasteiger partial charge in [0.2, 0.25) is 5.75 Å². The number of thiophene rings is 1. The van der Waals surface area contributed by atoms with Crippen LogP contribution in [-0.4, -0.2) is 37.4 Å². The number of ether oxygens (including phenoxy) is 3. The Morgan fingerprint density at radius 2 is 1.79 bits per heavy atom. The molecule has 0 aliphatic carbocycles. The Balaban J connectivity index is 2.49. The van der Waals surface area contributed by atoms with E-state index < -0.39 is 5.97 Å². The van der Waals surface area contributed by atoms with Gasteiger partial charge in [-0.25, -0.2) is 9.78 Å². The number of hydrogen-bond acceptors (Lipinski definition) is 9. The first-order valence-electron chi connectivity index (χ1n) is 7.83. The zero-order chi connectivity index (χ0) is 20.6. The third-order valence-corrected chi connectivity index (χ3v) is 5.25. The maximum atomic E-state index is 11.5. The highest BCUT2D eigenvalue weighted by molar-refractivity contribution is 7.21. The van der Waals surface area contributed by atoms with E-state index in [1.807, 2.05) is 6.07 Å². The maximum Gasteiger partial charge on any atom is 0.348 e. The Hall–Kier alpha value is -3.71. The molecule has 3 aromatic rings. The molecule has 0 saturated heterocycles. The smallest absolute Gasteiger partial charge is 0.348 e. The van der Waals surface area contributed by atoms with Crippen molar-refractivity contribution in [2.45, 2.75) is 0 Å². The number of anilines is 2. The van der Waals surface area contributed by atoms with Crippen LogP contribution in [0.2, 0.25) is 0 Å². The molecule has 0 bridgehead atoms. The fraction of sp³-hybridized carbons (Fsp3) is 0.167. The number of carboxylic acids is 1. The molecule has 0 fully saturated rings. The minimum absolute atomic E-state index is 0.0141. The molecule has 0 atom stereocenters. The monoisotopic (exact) mass is 400 g/mol. The number of benzene rings is 1. The van der Waals surface area contributed by atoms with Gasteiger partial charge < -0.3 is 30.8 Å². The van der Waals surface area contributed by atoms with Gasteiger partial charge in [-0.1, -0.05) is 0 Å². The van der Waals surface area contributed by atoms with Crippen molar-refractivity contribution in [3.05, 3.63) is 22.6 Å². The third kappa shape index (κ3) is 2.78. The number of nitrogen functional groups attached to an aromatic ring is 2. The van der Waals surface area contributed by atoms with Crippen molar-refractivity contribution in [2.24, 2.45) is 0 Å². The second-order valence-corrected chi connectivity index (χ2v) is 6.60. The summed E-state index contributed by atoms with van der Waals surface area (Å²) in [7, 11) is 4.40. The highest BCUT2D eigenvalue weighted by Crippen LogP contribution is 2.47. The summed E-state index contributed by atoms with van der Waals surface area (Å²) < 4.78 is 16.1. The predicted molar refractivity (Wildman–Crippen MR) is 105 cm³/mol. The highest BCUT2D eigenvalue weighted by Gasteiger charge is 2.25. The summed E-state index contributed by atoms with van der Waals surface area (Å²) >= 11 is 0.889. The zero-order valence-corrected chi connectivity index (χ0v) is 16.0. The van der Waals surface area contributed by atoms with Crippen LogP contribution in [0.4, 0.5) is 11.5 Å². The molecule has 0 saturated carbocycles. The molecule has 0 aliphatic heterocycles. The van der Waals surface area contributed by atoms with Gasteiger partial charge in [-0.15, -0.1) is 11.3 Å². The molecule has 5 N–H and O–H groups in total. The number of carboxylic acid groups (broad SMARTS) is 1. The number of nitrogens with zero attached hydrogens (tertiary/aromatic N) is 2. The van der Waals surface area contributed by atoms with Crippen molar-refractivity contribution < 1.29 is 24.1 Å². The van der Waals surface area contributed by atoms with Crippen LogP contribution < -0.4 is 25.7 Å². The molecule has 0 aliphatic rings. The van der Waals surface area contributed by atoms with E-state index in [2.05, 4.69) is 4.98 Å². The van der Waals surface area contributed by atoms with Crippen molar-refractivity contribution in [3.8, 4) is 34.4 Å². The second-order valence-electron chi connectivity index (χ2n) is 5.60. The highest BCUT2D eigenvalue weighted by atomic mass is 32.1. The lowest BCUT2D eigenvalue weighted by Gasteiger charge is -2.16. The van der Waals surface area contributed by atoms with E-state index in [0.717, 1.165) is 11.3 Å². The Morgan fingerprint density at radius 3 is 2.25 bits per heavy atom. The number of carbonyl (C=O) groups is 1. The van der Waals surface area contributed by atoms with Gasteiger partial charge in [-0.2, -0.15) is 5.26 Å². The van der Waals surface area contributed by atoms with Gasteiger partial charge in [0.05, 0.1) is 27.0 Å². The quantitative estimate of drug-likeness (QED) is 0.586. The van der Waals surface area contributed by atoms with E-state index in [0.29, 0.717) is 38.6 Å². The number of nitriles is 1. The van der Waals surface area contributed by atoms with Crippen molar-refractivity contribution in [3.63, 3.8) is 0 Å². The first-order valence-corrected chi connectivity index (χ1v) is 8.64. The SMILES string of the molecule is COc1cc(-c2c(C#N)c(N)nc3sc(C(=O)O)c(N)c23)cc(OC)c1OC. The molecule has 144 valence electrons. The van der Waals surface area contributed by atoms with E-state index in [9.17, 15) is 15.2 Å². The summed E-state index contributed by atoms with van der Waals surface area (Å²) in [6.45, 7) is 0. The van der Waals surface area contributed by atoms with Gasteiger partial charge >= 0.3 is 5.97 Å². The van der Waals surface area contributed by atoms with Gasteiger partial charge in [0.1, 0.15) is 27.2 Å². The molecule has 0 amide bonds. The first-order chi connectivity index (χ1) is 13.4. The molecule has 10 heteroatoms. The van der Waals surface area contributed by atoms with E-state index in [-0.39, 0.29) is 21.9 Å². The largest absolute Gasteiger partial charge is 0.493 e. The van der Waals surface area contributed by atoms with Crippen LogP contribution in [0.25, 0.3) is 21.3 Å². The van der Waals surface area contributed by atoms with Gasteiger partial charge in [0.15, 0.2) is 11.5 Å². The number of fused-ring (bicyclic) bond motifs is 1. The summed E-state index contributed by atoms with van der Waals surface area (Å²) in [6, 6.07) is 5.29. The van der Waals surface area contributed by atoms with Gasteiger partial charge in [-0.05, 0) is 17.7 Å². The summed E-state index contributed by atoms with van der Waals surface area (Å²) in [5.41, 5.74) is 13.0. The van der Waals surface area contributed by atoms with Crippen LogP contribution >= 0.6 is 11.3 Å². The maximum absolute atomic E-state index is 11.5. The number of pyridine rings is 1. The number of rotatable bonds is 5. The van der Waals surface area contributed by atoms with Crippen LogP contribution in [0, 0.1) is 11.3 Å². The molecular weight excluding hydrogens is 384 g/mol. The number of aromatic nitrogens is 1. The first kappa shape index (κ1) is 19.1. The van der Waals surface area contributed by atoms with Crippen LogP contribution in [-0.2, 0) is 0 Å². The second kappa shape index (κ2) is 7.13. The Labute approximate surface area is 163 Å². The van der Waals surface area contributed by atoms with Crippen LogP contribution in [0.5, 0.6) is 17.2 Å². The number of aromatic carboxylic acids is 1. The van der Waals surface area contributed by atoms with Crippen molar-refractivity contribution in [1.29, 1.82) is 5.26 Å². The summed E-state index contributed by atoms with van der Waals surface area (Å²) in [6.07, 6.45) is 0. The van der Waals surface area contributed by atoms with E-state index in [1.165, 1.54) is 21.3 Å². The zero-order valence-electron chi connectivity index (χ0n) is 15.2. The molecule has 2 aromatic heterocycles. The van der Waals surface area contributed by atoms with Gasteiger partial charge in [0.25, 0.3) is 0 Å². The molecule has 3 rings (SSSR count). The fourth-order valence-electron chi connectivity index (χ4n) is 2.96. The normalized spacial score (nSPS) is 10.5. The topological polar surface area (TPSA) is 154 Å². The van der Waals surface area contributed by atoms with Crippen LogP contribution in [0.1, 0.15) is 15.2 Å². The van der Waals surface area contributed by atoms with Crippen LogP contribution in [0.3, 0.4) is 0 Å². The predicted octanol–water partition coefficient (Wildman–Crippen LogP) is 2.72. The third-order valence-electron chi connectivity index (χ3n) is 4.16. The Bertz CT molecular complexity index is 1120. The number of methoxy groups -OCH3 is 3. The molecule has 1 aromatic carbocycles. The molecule has 28 heavy (non-hydrogen) atoms. The van der Waals surface area contributed by atoms with Crippen molar-refractivity contribution >= 4 is 39.0 Å². The van der Waals surface area contributed by atoms with E-state index in [1.54, 1.807) is 12.1 Å². The summed E-state index contributed by atoms with van der Waals surface area (Å²) in [4.78, 5) is 15.9. The molecule has 0 radical (unpaired) electrons. The molecule has 0 unspecified atom stereocenters. The average Bonchev–Trinajstić information content (AvgIpc) is 3.01. The minimum atomic E-state index is -1.19. The Morgan fingerprint density at radius 1 is 1.18 bits per heavy atom. The standard InChI is InChI=1S/C18H16N4O5S/c1-25-9-4-7(5-10(26-2)14(9)27-3)11-8(6-19)16(21)22-17-12(11)13(20)15(28-17)18(23)24/h4-5H,20H2,1-3H3,(H2,21,22)(H,23,24). The fourth-order valence-corrected chi connectivity index (χ4v) is 3.91. The summed E-state index contributed by atoms with van der Waals surface area (Å²) in [5, 5.41) is 19.4. The van der Waals surface area contributed by atoms with Crippen molar-refractivity contribution in [1.82, 2.24) is 4.98 Å².